The van der Waals surface area contributed by atoms with Gasteiger partial charge in [-0.2, -0.15) is 4.98 Å². The van der Waals surface area contributed by atoms with Crippen molar-refractivity contribution in [2.45, 2.75) is 26.2 Å². The Morgan fingerprint density at radius 1 is 1.35 bits per heavy atom. The first kappa shape index (κ1) is 15.4. The summed E-state index contributed by atoms with van der Waals surface area (Å²) < 4.78 is 0. The first-order chi connectivity index (χ1) is 11.0. The highest BCUT2D eigenvalue weighted by Gasteiger charge is 2.22. The second kappa shape index (κ2) is 6.32. The molecule has 6 nitrogen and oxygen atoms in total. The van der Waals surface area contributed by atoms with Gasteiger partial charge in [0.2, 0.25) is 5.95 Å². The molecule has 3 rings (SSSR count). The highest BCUT2D eigenvalue weighted by atomic mass is 16.1. The molecule has 5 N–H and O–H groups in total. The minimum Gasteiger partial charge on any atom is -0.385 e. The molecule has 1 aromatic carbocycles. The summed E-state index contributed by atoms with van der Waals surface area (Å²) in [5.74, 6) is 1.64. The van der Waals surface area contributed by atoms with Crippen LogP contribution in [0.4, 0.5) is 17.5 Å². The summed E-state index contributed by atoms with van der Waals surface area (Å²) in [6.07, 6.45) is 0.696. The first-order valence-corrected chi connectivity index (χ1v) is 7.99. The Morgan fingerprint density at radius 3 is 2.78 bits per heavy atom. The molecular weight excluding hydrogens is 290 g/mol. The SMILES string of the molecule is CC(C)c1ccc(NCC2CNc3nc(N)[nH]c(=O)c3C2)cc1. The summed E-state index contributed by atoms with van der Waals surface area (Å²) in [5.41, 5.74) is 8.54. The number of nitrogens with zero attached hydrogens (tertiary/aromatic N) is 1. The number of anilines is 3. The number of nitrogens with two attached hydrogens (primary N) is 1. The summed E-state index contributed by atoms with van der Waals surface area (Å²) in [6, 6.07) is 8.51. The van der Waals surface area contributed by atoms with E-state index in [9.17, 15) is 4.79 Å². The second-order valence-electron chi connectivity index (χ2n) is 6.39. The quantitative estimate of drug-likeness (QED) is 0.694. The summed E-state index contributed by atoms with van der Waals surface area (Å²) in [7, 11) is 0. The number of fused-ring (bicyclic) bond motifs is 1. The predicted octanol–water partition coefficient (Wildman–Crippen LogP) is 2.17. The van der Waals surface area contributed by atoms with Gasteiger partial charge >= 0.3 is 0 Å². The van der Waals surface area contributed by atoms with Crippen molar-refractivity contribution in [3.63, 3.8) is 0 Å². The molecule has 0 spiro atoms. The molecule has 0 amide bonds. The molecule has 0 radical (unpaired) electrons. The lowest BCUT2D eigenvalue weighted by Crippen LogP contribution is -2.34. The summed E-state index contributed by atoms with van der Waals surface area (Å²) in [6.45, 7) is 5.95. The van der Waals surface area contributed by atoms with Crippen molar-refractivity contribution in [3.05, 3.63) is 45.7 Å². The zero-order valence-corrected chi connectivity index (χ0v) is 13.5. The average Bonchev–Trinajstić information content (AvgIpc) is 2.53. The Labute approximate surface area is 135 Å². The predicted molar refractivity (Wildman–Crippen MR) is 94.0 cm³/mol. The van der Waals surface area contributed by atoms with Crippen LogP contribution in [0, 0.1) is 5.92 Å². The van der Waals surface area contributed by atoms with Gasteiger partial charge in [0.25, 0.3) is 5.56 Å². The van der Waals surface area contributed by atoms with Crippen LogP contribution < -0.4 is 21.9 Å². The van der Waals surface area contributed by atoms with Crippen molar-refractivity contribution < 1.29 is 0 Å². The van der Waals surface area contributed by atoms with E-state index < -0.39 is 0 Å². The van der Waals surface area contributed by atoms with Gasteiger partial charge in [-0.3, -0.25) is 9.78 Å². The van der Waals surface area contributed by atoms with Crippen molar-refractivity contribution in [1.82, 2.24) is 9.97 Å². The molecule has 1 unspecified atom stereocenters. The molecule has 23 heavy (non-hydrogen) atoms. The maximum absolute atomic E-state index is 12.0. The molecule has 122 valence electrons. The van der Waals surface area contributed by atoms with Crippen molar-refractivity contribution in [1.29, 1.82) is 0 Å². The Morgan fingerprint density at radius 2 is 2.09 bits per heavy atom. The summed E-state index contributed by atoms with van der Waals surface area (Å²) >= 11 is 0. The lowest BCUT2D eigenvalue weighted by molar-refractivity contribution is 0.558. The van der Waals surface area contributed by atoms with Crippen LogP contribution in [0.5, 0.6) is 0 Å². The number of rotatable bonds is 4. The fourth-order valence-electron chi connectivity index (χ4n) is 2.85. The number of hydrogen-bond donors (Lipinski definition) is 4. The van der Waals surface area contributed by atoms with Gasteiger partial charge in [0.15, 0.2) is 0 Å². The van der Waals surface area contributed by atoms with Gasteiger partial charge in [0, 0.05) is 18.8 Å². The van der Waals surface area contributed by atoms with Crippen LogP contribution in [0.2, 0.25) is 0 Å². The average molecular weight is 313 g/mol. The van der Waals surface area contributed by atoms with Crippen LogP contribution in [0.3, 0.4) is 0 Å². The molecule has 6 heteroatoms. The van der Waals surface area contributed by atoms with E-state index in [0.29, 0.717) is 29.6 Å². The molecule has 0 bridgehead atoms. The molecule has 1 aromatic heterocycles. The van der Waals surface area contributed by atoms with Gasteiger partial charge in [-0.1, -0.05) is 26.0 Å². The van der Waals surface area contributed by atoms with Gasteiger partial charge in [0.05, 0.1) is 5.56 Å². The van der Waals surface area contributed by atoms with Gasteiger partial charge in [-0.25, -0.2) is 0 Å². The molecule has 0 aliphatic carbocycles. The van der Waals surface area contributed by atoms with Crippen LogP contribution in [0.25, 0.3) is 0 Å². The van der Waals surface area contributed by atoms with E-state index in [0.717, 1.165) is 18.8 Å². The number of nitrogen functional groups attached to an aromatic ring is 1. The minimum absolute atomic E-state index is 0.147. The lowest BCUT2D eigenvalue weighted by Gasteiger charge is -2.25. The third-order valence-corrected chi connectivity index (χ3v) is 4.26. The van der Waals surface area contributed by atoms with Crippen LogP contribution >= 0.6 is 0 Å². The third-order valence-electron chi connectivity index (χ3n) is 4.26. The molecule has 1 aliphatic rings. The van der Waals surface area contributed by atoms with Gasteiger partial charge in [-0.15, -0.1) is 0 Å². The smallest absolute Gasteiger partial charge is 0.257 e. The number of nitrogens with one attached hydrogen (secondary N) is 3. The van der Waals surface area contributed by atoms with E-state index in [-0.39, 0.29) is 11.5 Å². The Balaban J connectivity index is 1.62. The largest absolute Gasteiger partial charge is 0.385 e. The molecule has 0 saturated heterocycles. The van der Waals surface area contributed by atoms with Crippen LogP contribution in [-0.2, 0) is 6.42 Å². The highest BCUT2D eigenvalue weighted by Crippen LogP contribution is 2.21. The molecule has 1 atom stereocenters. The van der Waals surface area contributed by atoms with Crippen molar-refractivity contribution in [3.8, 4) is 0 Å². The standard InChI is InChI=1S/C17H23N5O/c1-10(2)12-3-5-13(6-4-12)19-8-11-7-14-15(20-9-11)21-17(18)22-16(14)23/h3-6,10-11,19H,7-9H2,1-2H3,(H4,18,20,21,22,23). The lowest BCUT2D eigenvalue weighted by atomic mass is 9.96. The van der Waals surface area contributed by atoms with Crippen molar-refractivity contribution in [2.75, 3.05) is 29.5 Å². The second-order valence-corrected chi connectivity index (χ2v) is 6.39. The van der Waals surface area contributed by atoms with Crippen molar-refractivity contribution >= 4 is 17.5 Å². The van der Waals surface area contributed by atoms with Crippen LogP contribution in [0.15, 0.2) is 29.1 Å². The number of benzene rings is 1. The highest BCUT2D eigenvalue weighted by molar-refractivity contribution is 5.49. The molecule has 0 saturated carbocycles. The normalized spacial score (nSPS) is 16.7. The Hall–Kier alpha value is -2.50. The minimum atomic E-state index is -0.147. The summed E-state index contributed by atoms with van der Waals surface area (Å²) in [4.78, 5) is 18.7. The number of hydrogen-bond acceptors (Lipinski definition) is 5. The van der Waals surface area contributed by atoms with Crippen molar-refractivity contribution in [2.24, 2.45) is 5.92 Å². The summed E-state index contributed by atoms with van der Waals surface area (Å²) in [5, 5.41) is 6.65. The van der Waals surface area contributed by atoms with E-state index >= 15 is 0 Å². The van der Waals surface area contributed by atoms with Crippen LogP contribution in [0.1, 0.15) is 30.9 Å². The topological polar surface area (TPSA) is 95.8 Å². The zero-order chi connectivity index (χ0) is 16.4. The van der Waals surface area contributed by atoms with Gasteiger partial charge in [-0.05, 0) is 36.0 Å². The van der Waals surface area contributed by atoms with Crippen LogP contribution in [-0.4, -0.2) is 23.1 Å². The molecule has 2 aromatic rings. The van der Waals surface area contributed by atoms with E-state index in [1.807, 2.05) is 0 Å². The zero-order valence-electron chi connectivity index (χ0n) is 13.5. The number of aromatic amines is 1. The molecule has 0 fully saturated rings. The number of H-pyrrole nitrogens is 1. The Kier molecular flexibility index (Phi) is 4.23. The molecule has 2 heterocycles. The van der Waals surface area contributed by atoms with Gasteiger partial charge < -0.3 is 16.4 Å². The monoisotopic (exact) mass is 313 g/mol. The fourth-order valence-corrected chi connectivity index (χ4v) is 2.85. The van der Waals surface area contributed by atoms with Gasteiger partial charge in [0.1, 0.15) is 5.82 Å². The molecule has 1 aliphatic heterocycles. The number of aromatic nitrogens is 2. The maximum Gasteiger partial charge on any atom is 0.257 e. The molecular formula is C17H23N5O. The van der Waals surface area contributed by atoms with E-state index in [1.54, 1.807) is 0 Å². The third kappa shape index (κ3) is 3.47. The van der Waals surface area contributed by atoms with E-state index in [1.165, 1.54) is 5.56 Å². The van der Waals surface area contributed by atoms with E-state index in [2.05, 4.69) is 58.7 Å². The Bertz CT molecular complexity index is 736. The fraction of sp³-hybridized carbons (Fsp3) is 0.412. The van der Waals surface area contributed by atoms with E-state index in [4.69, 9.17) is 5.73 Å². The first-order valence-electron chi connectivity index (χ1n) is 7.99. The maximum atomic E-state index is 12.0.